The normalized spacial score (nSPS) is 13.5. The zero-order valence-corrected chi connectivity index (χ0v) is 11.3. The number of amides is 1. The van der Waals surface area contributed by atoms with Crippen molar-refractivity contribution in [1.29, 1.82) is 0 Å². The molecule has 1 aromatic rings. The molecule has 1 aromatic heterocycles. The maximum absolute atomic E-state index is 12.3. The van der Waals surface area contributed by atoms with E-state index in [0.29, 0.717) is 11.3 Å². The van der Waals surface area contributed by atoms with Gasteiger partial charge in [0.25, 0.3) is 5.91 Å². The third-order valence-electron chi connectivity index (χ3n) is 3.22. The Morgan fingerprint density at radius 3 is 2.33 bits per heavy atom. The minimum absolute atomic E-state index is 0.0126. The van der Waals surface area contributed by atoms with E-state index in [4.69, 9.17) is 15.4 Å². The number of amidine groups is 1. The number of likely N-dealkylation sites (N-methyl/N-ethyl adjacent to an activating group) is 1. The van der Waals surface area contributed by atoms with Crippen molar-refractivity contribution in [3.63, 3.8) is 0 Å². The summed E-state index contributed by atoms with van der Waals surface area (Å²) in [4.78, 5) is 13.8. The van der Waals surface area contributed by atoms with Crippen LogP contribution in [0.1, 0.15) is 34.4 Å². The van der Waals surface area contributed by atoms with Crippen molar-refractivity contribution in [3.05, 3.63) is 22.6 Å². The highest BCUT2D eigenvalue weighted by atomic mass is 16.4. The van der Waals surface area contributed by atoms with Gasteiger partial charge < -0.3 is 20.3 Å². The molecule has 0 radical (unpaired) electrons. The zero-order valence-electron chi connectivity index (χ0n) is 11.3. The molecule has 0 aliphatic carbocycles. The van der Waals surface area contributed by atoms with E-state index in [9.17, 15) is 4.79 Å². The van der Waals surface area contributed by atoms with Gasteiger partial charge in [-0.3, -0.25) is 4.79 Å². The summed E-state index contributed by atoms with van der Waals surface area (Å²) in [6.45, 7) is 7.08. The summed E-state index contributed by atoms with van der Waals surface area (Å²) in [6, 6.07) is -0.489. The average molecular weight is 253 g/mol. The molecule has 6 heteroatoms. The van der Waals surface area contributed by atoms with Crippen molar-refractivity contribution in [1.82, 2.24) is 4.90 Å². The molecule has 0 saturated heterocycles. The highest BCUT2D eigenvalue weighted by Crippen LogP contribution is 2.22. The quantitative estimate of drug-likeness (QED) is 0.369. The molecular formula is C12H19N3O3. The van der Waals surface area contributed by atoms with Crippen molar-refractivity contribution in [3.8, 4) is 0 Å². The summed E-state index contributed by atoms with van der Waals surface area (Å²) in [6.07, 6.45) is 0. The number of hydrogen-bond donors (Lipinski definition) is 2. The standard InChI is InChI=1S/C12H19N3O3/c1-6-8(3)18-9(4)10(6)12(16)15(5)7(2)11(13)14-17/h7,17H,1-5H3,(H2,13,14). The number of carbonyl (C=O) groups is 1. The maximum atomic E-state index is 12.3. The van der Waals surface area contributed by atoms with Gasteiger partial charge in [0, 0.05) is 12.6 Å². The number of hydrogen-bond acceptors (Lipinski definition) is 4. The fourth-order valence-corrected chi connectivity index (χ4v) is 1.74. The number of furan rings is 1. The number of rotatable bonds is 3. The van der Waals surface area contributed by atoms with E-state index in [1.165, 1.54) is 4.90 Å². The van der Waals surface area contributed by atoms with E-state index in [-0.39, 0.29) is 11.7 Å². The van der Waals surface area contributed by atoms with Crippen molar-refractivity contribution < 1.29 is 14.4 Å². The SMILES string of the molecule is Cc1oc(C)c(C(=O)N(C)C(C)/C(N)=N/O)c1C. The lowest BCUT2D eigenvalue weighted by Crippen LogP contribution is -2.44. The van der Waals surface area contributed by atoms with Crippen LogP contribution in [-0.2, 0) is 0 Å². The molecule has 0 bridgehead atoms. The largest absolute Gasteiger partial charge is 0.466 e. The van der Waals surface area contributed by atoms with E-state index in [1.54, 1.807) is 20.9 Å². The molecule has 1 atom stereocenters. The lowest BCUT2D eigenvalue weighted by molar-refractivity contribution is 0.0774. The smallest absolute Gasteiger partial charge is 0.258 e. The molecule has 18 heavy (non-hydrogen) atoms. The van der Waals surface area contributed by atoms with Crippen molar-refractivity contribution in [2.24, 2.45) is 10.9 Å². The van der Waals surface area contributed by atoms with Gasteiger partial charge in [-0.25, -0.2) is 0 Å². The van der Waals surface area contributed by atoms with Gasteiger partial charge in [0.15, 0.2) is 5.84 Å². The third-order valence-corrected chi connectivity index (χ3v) is 3.22. The lowest BCUT2D eigenvalue weighted by Gasteiger charge is -2.23. The predicted molar refractivity (Wildman–Crippen MR) is 67.9 cm³/mol. The first kappa shape index (κ1) is 14.1. The second kappa shape index (κ2) is 5.12. The molecule has 1 amide bonds. The molecule has 3 N–H and O–H groups in total. The topological polar surface area (TPSA) is 92.1 Å². The highest BCUT2D eigenvalue weighted by Gasteiger charge is 2.26. The van der Waals surface area contributed by atoms with Gasteiger partial charge in [0.05, 0.1) is 11.6 Å². The summed E-state index contributed by atoms with van der Waals surface area (Å²) in [5.74, 6) is 1.08. The minimum Gasteiger partial charge on any atom is -0.466 e. The van der Waals surface area contributed by atoms with Crippen molar-refractivity contribution >= 4 is 11.7 Å². The van der Waals surface area contributed by atoms with Crippen LogP contribution in [-0.4, -0.2) is 34.9 Å². The van der Waals surface area contributed by atoms with E-state index < -0.39 is 6.04 Å². The third kappa shape index (κ3) is 2.32. The zero-order chi connectivity index (χ0) is 14.0. The van der Waals surface area contributed by atoms with Crippen molar-refractivity contribution in [2.45, 2.75) is 33.7 Å². The molecule has 0 aliphatic heterocycles. The van der Waals surface area contributed by atoms with Gasteiger partial charge in [-0.05, 0) is 27.7 Å². The van der Waals surface area contributed by atoms with Gasteiger partial charge in [-0.1, -0.05) is 5.16 Å². The van der Waals surface area contributed by atoms with Gasteiger partial charge in [-0.2, -0.15) is 0 Å². The molecular weight excluding hydrogens is 234 g/mol. The Balaban J connectivity index is 3.08. The summed E-state index contributed by atoms with van der Waals surface area (Å²) in [5.41, 5.74) is 6.85. The Bertz CT molecular complexity index is 491. The van der Waals surface area contributed by atoms with E-state index in [2.05, 4.69) is 5.16 Å². The van der Waals surface area contributed by atoms with Crippen LogP contribution < -0.4 is 5.73 Å². The monoisotopic (exact) mass is 253 g/mol. The van der Waals surface area contributed by atoms with Gasteiger partial charge in [-0.15, -0.1) is 0 Å². The van der Waals surface area contributed by atoms with Crippen LogP contribution in [0, 0.1) is 20.8 Å². The first-order valence-electron chi connectivity index (χ1n) is 5.62. The molecule has 6 nitrogen and oxygen atoms in total. The fraction of sp³-hybridized carbons (Fsp3) is 0.500. The van der Waals surface area contributed by atoms with Crippen molar-refractivity contribution in [2.75, 3.05) is 7.05 Å². The van der Waals surface area contributed by atoms with E-state index in [0.717, 1.165) is 11.3 Å². The Labute approximate surface area is 106 Å². The molecule has 0 fully saturated rings. The molecule has 1 unspecified atom stereocenters. The van der Waals surface area contributed by atoms with Crippen LogP contribution >= 0.6 is 0 Å². The molecule has 0 aliphatic rings. The predicted octanol–water partition coefficient (Wildman–Crippen LogP) is 1.41. The average Bonchev–Trinajstić information content (AvgIpc) is 2.59. The number of nitrogens with two attached hydrogens (primary N) is 1. The summed E-state index contributed by atoms with van der Waals surface area (Å²) < 4.78 is 5.42. The van der Waals surface area contributed by atoms with E-state index >= 15 is 0 Å². The Kier molecular flexibility index (Phi) is 4.00. The molecule has 1 rings (SSSR count). The number of carbonyl (C=O) groups excluding carboxylic acids is 1. The van der Waals surface area contributed by atoms with E-state index in [1.807, 2.05) is 13.8 Å². The first-order valence-corrected chi connectivity index (χ1v) is 5.62. The molecule has 0 aromatic carbocycles. The summed E-state index contributed by atoms with van der Waals surface area (Å²) in [5, 5.41) is 11.5. The van der Waals surface area contributed by atoms with Gasteiger partial charge in [0.2, 0.25) is 0 Å². The van der Waals surface area contributed by atoms with Crippen LogP contribution in [0.3, 0.4) is 0 Å². The second-order valence-electron chi connectivity index (χ2n) is 4.33. The van der Waals surface area contributed by atoms with Gasteiger partial charge >= 0.3 is 0 Å². The highest BCUT2D eigenvalue weighted by molar-refractivity contribution is 5.99. The lowest BCUT2D eigenvalue weighted by atomic mass is 10.1. The number of aryl methyl sites for hydroxylation is 2. The Hall–Kier alpha value is -1.98. The molecule has 0 saturated carbocycles. The molecule has 100 valence electrons. The maximum Gasteiger partial charge on any atom is 0.258 e. The summed E-state index contributed by atoms with van der Waals surface area (Å²) >= 11 is 0. The van der Waals surface area contributed by atoms with Crippen LogP contribution in [0.2, 0.25) is 0 Å². The van der Waals surface area contributed by atoms with Gasteiger partial charge in [0.1, 0.15) is 11.5 Å². The number of nitrogens with zero attached hydrogens (tertiary/aromatic N) is 2. The van der Waals surface area contributed by atoms with Crippen LogP contribution in [0.4, 0.5) is 0 Å². The second-order valence-corrected chi connectivity index (χ2v) is 4.33. The van der Waals surface area contributed by atoms with Crippen LogP contribution in [0.15, 0.2) is 9.57 Å². The van der Waals surface area contributed by atoms with Crippen LogP contribution in [0.25, 0.3) is 0 Å². The number of oxime groups is 1. The minimum atomic E-state index is -0.489. The van der Waals surface area contributed by atoms with Crippen LogP contribution in [0.5, 0.6) is 0 Å². The molecule has 1 heterocycles. The first-order chi connectivity index (χ1) is 8.31. The molecule has 0 spiro atoms. The Morgan fingerprint density at radius 1 is 1.39 bits per heavy atom. The summed E-state index contributed by atoms with van der Waals surface area (Å²) in [7, 11) is 1.60. The fourth-order valence-electron chi connectivity index (χ4n) is 1.74. The Morgan fingerprint density at radius 2 is 1.94 bits per heavy atom.